The Morgan fingerprint density at radius 3 is 2.46 bits per heavy atom. The van der Waals surface area contributed by atoms with Gasteiger partial charge in [0.05, 0.1) is 19.8 Å². The van der Waals surface area contributed by atoms with Crippen LogP contribution in [0.1, 0.15) is 47.0 Å². The first kappa shape index (κ1) is 20.1. The quantitative estimate of drug-likeness (QED) is 0.466. The molecule has 0 aromatic heterocycles. The van der Waals surface area contributed by atoms with Gasteiger partial charge in [-0.3, -0.25) is 4.90 Å². The fraction of sp³-hybridized carbons (Fsp3) is 0.812. The predicted octanol–water partition coefficient (Wildman–Crippen LogP) is 2.06. The second kappa shape index (κ2) is 8.75. The molecule has 0 unspecified atom stereocenters. The van der Waals surface area contributed by atoms with Gasteiger partial charge in [0.15, 0.2) is 0 Å². The number of rotatable bonds is 5. The largest absolute Gasteiger partial charge is 0.467 e. The van der Waals surface area contributed by atoms with Crippen LogP contribution in [-0.4, -0.2) is 61.0 Å². The molecule has 1 rings (SSSR count). The van der Waals surface area contributed by atoms with E-state index in [2.05, 4.69) is 5.32 Å². The van der Waals surface area contributed by atoms with E-state index in [-0.39, 0.29) is 13.0 Å². The van der Waals surface area contributed by atoms with Crippen LogP contribution < -0.4 is 5.32 Å². The molecule has 1 fully saturated rings. The van der Waals surface area contributed by atoms with Crippen molar-refractivity contribution in [2.75, 3.05) is 20.3 Å². The van der Waals surface area contributed by atoms with E-state index in [0.29, 0.717) is 6.61 Å². The number of carbonyl (C=O) groups excluding carboxylic acids is 3. The van der Waals surface area contributed by atoms with Gasteiger partial charge >= 0.3 is 18.2 Å². The van der Waals surface area contributed by atoms with Crippen LogP contribution in [0.15, 0.2) is 0 Å². The molecule has 138 valence electrons. The molecule has 8 heteroatoms. The summed E-state index contributed by atoms with van der Waals surface area (Å²) in [7, 11) is 1.26. The van der Waals surface area contributed by atoms with Gasteiger partial charge in [-0.1, -0.05) is 13.3 Å². The van der Waals surface area contributed by atoms with E-state index in [1.54, 1.807) is 20.8 Å². The third-order valence-electron chi connectivity index (χ3n) is 3.45. The lowest BCUT2D eigenvalue weighted by Gasteiger charge is -2.22. The molecule has 0 bridgehead atoms. The number of likely N-dealkylation sites (tertiary alicyclic amines) is 1. The van der Waals surface area contributed by atoms with Crippen LogP contribution in [0.5, 0.6) is 0 Å². The van der Waals surface area contributed by atoms with Crippen LogP contribution in [0.3, 0.4) is 0 Å². The molecular formula is C16H28N2O6. The molecule has 0 radical (unpaired) electrons. The number of alkyl carbamates (subject to hydrolysis) is 1. The second-order valence-corrected chi connectivity index (χ2v) is 6.74. The highest BCUT2D eigenvalue weighted by molar-refractivity contribution is 5.82. The number of unbranched alkanes of at least 4 members (excludes halogenated alkanes) is 1. The number of ether oxygens (including phenoxy) is 3. The molecule has 24 heavy (non-hydrogen) atoms. The lowest BCUT2D eigenvalue weighted by molar-refractivity contribution is -0.145. The summed E-state index contributed by atoms with van der Waals surface area (Å²) >= 11 is 0. The third kappa shape index (κ3) is 6.25. The molecule has 1 saturated heterocycles. The molecule has 8 nitrogen and oxygen atoms in total. The number of hydrogen-bond acceptors (Lipinski definition) is 6. The summed E-state index contributed by atoms with van der Waals surface area (Å²) in [6.45, 7) is 7.73. The van der Waals surface area contributed by atoms with Crippen molar-refractivity contribution in [2.24, 2.45) is 0 Å². The zero-order chi connectivity index (χ0) is 18.3. The Kier molecular flexibility index (Phi) is 7.31. The number of methoxy groups -OCH3 is 1. The molecule has 1 aliphatic rings. The van der Waals surface area contributed by atoms with Gasteiger partial charge in [-0.05, 0) is 27.2 Å². The minimum Gasteiger partial charge on any atom is -0.467 e. The number of nitrogens with zero attached hydrogens (tertiary/aromatic N) is 1. The van der Waals surface area contributed by atoms with Gasteiger partial charge in [-0.15, -0.1) is 0 Å². The number of esters is 1. The molecule has 0 aromatic rings. The molecular weight excluding hydrogens is 316 g/mol. The maximum absolute atomic E-state index is 12.2. The Morgan fingerprint density at radius 2 is 1.92 bits per heavy atom. The highest BCUT2D eigenvalue weighted by Crippen LogP contribution is 2.21. The smallest absolute Gasteiger partial charge is 0.410 e. The number of nitrogens with one attached hydrogen (secondary N) is 1. The average molecular weight is 344 g/mol. The molecule has 0 saturated carbocycles. The Labute approximate surface area is 142 Å². The fourth-order valence-electron chi connectivity index (χ4n) is 2.36. The minimum atomic E-state index is -0.774. The molecule has 0 aliphatic carbocycles. The van der Waals surface area contributed by atoms with Gasteiger partial charge in [-0.2, -0.15) is 0 Å². The SMILES string of the molecule is CCCCOC(=O)N1C[C@H](NC(=O)OC(C)(C)C)C[C@H]1C(=O)OC. The number of amides is 2. The molecule has 2 amide bonds. The van der Waals surface area contributed by atoms with Crippen molar-refractivity contribution < 1.29 is 28.6 Å². The van der Waals surface area contributed by atoms with E-state index in [4.69, 9.17) is 14.2 Å². The van der Waals surface area contributed by atoms with E-state index in [9.17, 15) is 14.4 Å². The Bertz CT molecular complexity index is 460. The molecule has 0 spiro atoms. The standard InChI is InChI=1S/C16H28N2O6/c1-6-7-8-23-15(21)18-10-11(9-12(18)13(19)22-5)17-14(20)24-16(2,3)4/h11-12H,6-10H2,1-5H3,(H,17,20)/t11-,12+/m1/s1. The molecule has 1 N–H and O–H groups in total. The maximum atomic E-state index is 12.2. The van der Waals surface area contributed by atoms with Crippen molar-refractivity contribution in [3.8, 4) is 0 Å². The zero-order valence-corrected chi connectivity index (χ0v) is 15.1. The summed E-state index contributed by atoms with van der Waals surface area (Å²) in [6.07, 6.45) is 0.748. The second-order valence-electron chi connectivity index (χ2n) is 6.74. The van der Waals surface area contributed by atoms with Gasteiger partial charge in [-0.25, -0.2) is 14.4 Å². The van der Waals surface area contributed by atoms with Crippen molar-refractivity contribution in [1.29, 1.82) is 0 Å². The summed E-state index contributed by atoms with van der Waals surface area (Å²) in [5.41, 5.74) is -0.622. The van der Waals surface area contributed by atoms with Crippen LogP contribution in [-0.2, 0) is 19.0 Å². The van der Waals surface area contributed by atoms with Gasteiger partial charge in [0, 0.05) is 13.0 Å². The third-order valence-corrected chi connectivity index (χ3v) is 3.45. The molecule has 0 aromatic carbocycles. The van der Waals surface area contributed by atoms with Crippen LogP contribution in [0.2, 0.25) is 0 Å². The van der Waals surface area contributed by atoms with Crippen LogP contribution >= 0.6 is 0 Å². The lowest BCUT2D eigenvalue weighted by atomic mass is 10.2. The Balaban J connectivity index is 2.67. The first-order valence-electron chi connectivity index (χ1n) is 8.18. The zero-order valence-electron chi connectivity index (χ0n) is 15.1. The van der Waals surface area contributed by atoms with Crippen LogP contribution in [0.25, 0.3) is 0 Å². The topological polar surface area (TPSA) is 94.2 Å². The summed E-state index contributed by atoms with van der Waals surface area (Å²) in [5, 5.41) is 2.68. The molecule has 2 atom stereocenters. The minimum absolute atomic E-state index is 0.171. The number of carbonyl (C=O) groups is 3. The van der Waals surface area contributed by atoms with E-state index >= 15 is 0 Å². The number of hydrogen-bond donors (Lipinski definition) is 1. The summed E-state index contributed by atoms with van der Waals surface area (Å²) < 4.78 is 15.1. The summed E-state index contributed by atoms with van der Waals surface area (Å²) in [4.78, 5) is 37.2. The van der Waals surface area contributed by atoms with Crippen LogP contribution in [0, 0.1) is 0 Å². The van der Waals surface area contributed by atoms with E-state index in [1.165, 1.54) is 12.0 Å². The van der Waals surface area contributed by atoms with E-state index in [1.807, 2.05) is 6.92 Å². The monoisotopic (exact) mass is 344 g/mol. The van der Waals surface area contributed by atoms with Crippen molar-refractivity contribution in [1.82, 2.24) is 10.2 Å². The normalized spacial score (nSPS) is 20.5. The lowest BCUT2D eigenvalue weighted by Crippen LogP contribution is -2.43. The van der Waals surface area contributed by atoms with Crippen molar-refractivity contribution in [2.45, 2.75) is 64.6 Å². The van der Waals surface area contributed by atoms with Crippen molar-refractivity contribution in [3.63, 3.8) is 0 Å². The van der Waals surface area contributed by atoms with E-state index in [0.717, 1.165) is 12.8 Å². The highest BCUT2D eigenvalue weighted by atomic mass is 16.6. The van der Waals surface area contributed by atoms with E-state index < -0.39 is 35.8 Å². The molecule has 1 heterocycles. The first-order valence-corrected chi connectivity index (χ1v) is 8.18. The van der Waals surface area contributed by atoms with Crippen LogP contribution in [0.4, 0.5) is 9.59 Å². The van der Waals surface area contributed by atoms with Gasteiger partial charge in [0.25, 0.3) is 0 Å². The summed E-state index contributed by atoms with van der Waals surface area (Å²) in [5.74, 6) is -0.532. The Hall–Kier alpha value is -1.99. The van der Waals surface area contributed by atoms with Gasteiger partial charge in [0.1, 0.15) is 11.6 Å². The van der Waals surface area contributed by atoms with Crippen molar-refractivity contribution in [3.05, 3.63) is 0 Å². The van der Waals surface area contributed by atoms with Gasteiger partial charge in [0.2, 0.25) is 0 Å². The first-order chi connectivity index (χ1) is 11.2. The van der Waals surface area contributed by atoms with Gasteiger partial charge < -0.3 is 19.5 Å². The highest BCUT2D eigenvalue weighted by Gasteiger charge is 2.42. The summed E-state index contributed by atoms with van der Waals surface area (Å²) in [6, 6.07) is -1.17. The maximum Gasteiger partial charge on any atom is 0.410 e. The molecule has 1 aliphatic heterocycles. The average Bonchev–Trinajstić information content (AvgIpc) is 2.88. The fourth-order valence-corrected chi connectivity index (χ4v) is 2.36. The van der Waals surface area contributed by atoms with Crippen molar-refractivity contribution >= 4 is 18.2 Å². The Morgan fingerprint density at radius 1 is 1.25 bits per heavy atom. The predicted molar refractivity (Wildman–Crippen MR) is 86.5 cm³/mol.